The van der Waals surface area contributed by atoms with Crippen LogP contribution in [0.25, 0.3) is 10.9 Å². The zero-order chi connectivity index (χ0) is 17.8. The number of pyridine rings is 1. The molecule has 0 atom stereocenters. The number of ketones is 2. The molecule has 0 amide bonds. The van der Waals surface area contributed by atoms with Crippen molar-refractivity contribution in [2.24, 2.45) is 7.05 Å². The summed E-state index contributed by atoms with van der Waals surface area (Å²) in [5.74, 6) is -0.254. The van der Waals surface area contributed by atoms with E-state index in [0.29, 0.717) is 35.6 Å². The smallest absolute Gasteiger partial charge is 0.211 e. The first-order chi connectivity index (χ1) is 12.7. The molecule has 26 heavy (non-hydrogen) atoms. The summed E-state index contributed by atoms with van der Waals surface area (Å²) in [5, 5.41) is 0.819. The molecule has 0 saturated carbocycles. The van der Waals surface area contributed by atoms with E-state index in [1.165, 1.54) is 6.20 Å². The summed E-state index contributed by atoms with van der Waals surface area (Å²) >= 11 is 0. The molecule has 0 spiro atoms. The van der Waals surface area contributed by atoms with E-state index in [2.05, 4.69) is 9.88 Å². The average Bonchev–Trinajstić information content (AvgIpc) is 2.99. The Hall–Kier alpha value is -2.99. The second-order valence-electron chi connectivity index (χ2n) is 6.66. The quantitative estimate of drug-likeness (QED) is 0.528. The summed E-state index contributed by atoms with van der Waals surface area (Å²) in [6.45, 7) is 3.03. The van der Waals surface area contributed by atoms with Crippen molar-refractivity contribution in [1.29, 1.82) is 0 Å². The number of carbonyl (C=O) groups is 2. The molecule has 2 aromatic heterocycles. The number of anilines is 1. The number of benzene rings is 1. The van der Waals surface area contributed by atoms with Gasteiger partial charge in [-0.2, -0.15) is 0 Å². The highest BCUT2D eigenvalue weighted by Gasteiger charge is 2.35. The van der Waals surface area contributed by atoms with Crippen LogP contribution in [0.5, 0.6) is 0 Å². The van der Waals surface area contributed by atoms with Crippen LogP contribution in [0.1, 0.15) is 32.0 Å². The molecule has 3 aromatic rings. The van der Waals surface area contributed by atoms with Crippen LogP contribution in [-0.2, 0) is 11.8 Å². The van der Waals surface area contributed by atoms with Crippen molar-refractivity contribution >= 4 is 28.2 Å². The molecule has 3 heterocycles. The summed E-state index contributed by atoms with van der Waals surface area (Å²) in [6, 6.07) is 7.67. The fourth-order valence-electron chi connectivity index (χ4n) is 3.98. The number of rotatable bonds is 1. The second-order valence-corrected chi connectivity index (χ2v) is 6.66. The molecule has 6 nitrogen and oxygen atoms in total. The minimum absolute atomic E-state index is 0.122. The number of nitrogens with zero attached hydrogens (tertiary/aromatic N) is 3. The van der Waals surface area contributed by atoms with Crippen molar-refractivity contribution in [3.8, 4) is 0 Å². The van der Waals surface area contributed by atoms with Gasteiger partial charge in [0, 0.05) is 54.7 Å². The Morgan fingerprint density at radius 3 is 2.65 bits per heavy atom. The molecule has 130 valence electrons. The maximum Gasteiger partial charge on any atom is 0.211 e. The number of morpholine rings is 1. The number of hydrogen-bond donors (Lipinski definition) is 0. The molecular weight excluding hydrogens is 330 g/mol. The van der Waals surface area contributed by atoms with Crippen LogP contribution < -0.4 is 4.90 Å². The SMILES string of the molecule is Cn1c2c(c3cc(N4CCOCC4)ccc31)C(=O)c1cnccc1C2=O. The van der Waals surface area contributed by atoms with Crippen molar-refractivity contribution < 1.29 is 14.3 Å². The van der Waals surface area contributed by atoms with Crippen LogP contribution >= 0.6 is 0 Å². The molecule has 0 radical (unpaired) electrons. The Morgan fingerprint density at radius 2 is 1.85 bits per heavy atom. The van der Waals surface area contributed by atoms with Crippen molar-refractivity contribution in [2.45, 2.75) is 0 Å². The summed E-state index contributed by atoms with van der Waals surface area (Å²) in [7, 11) is 1.84. The lowest BCUT2D eigenvalue weighted by Gasteiger charge is -2.29. The molecule has 0 unspecified atom stereocenters. The standard InChI is InChI=1S/C20H17N3O3/c1-22-16-3-2-12(23-6-8-26-9-7-23)10-14(16)17-18(22)20(25)13-4-5-21-11-15(13)19(17)24/h2-5,10-11H,6-9H2,1H3. The number of ether oxygens (including phenoxy) is 1. The lowest BCUT2D eigenvalue weighted by Crippen LogP contribution is -2.36. The number of aryl methyl sites for hydroxylation is 1. The van der Waals surface area contributed by atoms with E-state index in [4.69, 9.17) is 4.74 Å². The van der Waals surface area contributed by atoms with Gasteiger partial charge in [-0.15, -0.1) is 0 Å². The summed E-state index contributed by atoms with van der Waals surface area (Å²) < 4.78 is 7.25. The van der Waals surface area contributed by atoms with Crippen molar-refractivity contribution in [1.82, 2.24) is 9.55 Å². The van der Waals surface area contributed by atoms with Crippen molar-refractivity contribution in [2.75, 3.05) is 31.2 Å². The Morgan fingerprint density at radius 1 is 1.04 bits per heavy atom. The highest BCUT2D eigenvalue weighted by Crippen LogP contribution is 2.36. The normalized spacial score (nSPS) is 16.7. The van der Waals surface area contributed by atoms with Crippen LogP contribution in [0, 0.1) is 0 Å². The molecule has 0 N–H and O–H groups in total. The van der Waals surface area contributed by atoms with E-state index < -0.39 is 0 Å². The van der Waals surface area contributed by atoms with E-state index >= 15 is 0 Å². The first kappa shape index (κ1) is 15.3. The second kappa shape index (κ2) is 5.51. The monoisotopic (exact) mass is 347 g/mol. The summed E-state index contributed by atoms with van der Waals surface area (Å²) in [5.41, 5.74) is 3.69. The van der Waals surface area contributed by atoms with Gasteiger partial charge in [0.05, 0.1) is 24.3 Å². The van der Waals surface area contributed by atoms with E-state index in [9.17, 15) is 9.59 Å². The molecule has 1 aromatic carbocycles. The van der Waals surface area contributed by atoms with Crippen molar-refractivity contribution in [3.63, 3.8) is 0 Å². The number of hydrogen-bond acceptors (Lipinski definition) is 5. The van der Waals surface area contributed by atoms with Crippen LogP contribution in [0.2, 0.25) is 0 Å². The summed E-state index contributed by atoms with van der Waals surface area (Å²) in [4.78, 5) is 32.4. The third-order valence-corrected chi connectivity index (χ3v) is 5.31. The van der Waals surface area contributed by atoms with Gasteiger partial charge >= 0.3 is 0 Å². The maximum absolute atomic E-state index is 13.1. The Kier molecular flexibility index (Phi) is 3.24. The third-order valence-electron chi connectivity index (χ3n) is 5.31. The van der Waals surface area contributed by atoms with E-state index in [-0.39, 0.29) is 11.6 Å². The zero-order valence-corrected chi connectivity index (χ0v) is 14.4. The minimum atomic E-state index is -0.132. The van der Waals surface area contributed by atoms with Gasteiger partial charge in [0.1, 0.15) is 5.69 Å². The Bertz CT molecular complexity index is 1080. The van der Waals surface area contributed by atoms with E-state index in [1.54, 1.807) is 12.3 Å². The van der Waals surface area contributed by atoms with E-state index in [1.807, 2.05) is 29.8 Å². The number of aromatic nitrogens is 2. The fourth-order valence-corrected chi connectivity index (χ4v) is 3.98. The molecule has 0 bridgehead atoms. The molecular formula is C20H17N3O3. The van der Waals surface area contributed by atoms with Crippen LogP contribution in [-0.4, -0.2) is 47.4 Å². The molecule has 5 rings (SSSR count). The largest absolute Gasteiger partial charge is 0.378 e. The lowest BCUT2D eigenvalue weighted by atomic mass is 9.88. The predicted octanol–water partition coefficient (Wildman–Crippen LogP) is 2.19. The van der Waals surface area contributed by atoms with Gasteiger partial charge in [-0.1, -0.05) is 0 Å². The molecule has 1 aliphatic carbocycles. The zero-order valence-electron chi connectivity index (χ0n) is 14.4. The molecule has 6 heteroatoms. The molecule has 2 aliphatic rings. The maximum atomic E-state index is 13.1. The lowest BCUT2D eigenvalue weighted by molar-refractivity contribution is 0.0975. The molecule has 1 aliphatic heterocycles. The molecule has 1 saturated heterocycles. The predicted molar refractivity (Wildman–Crippen MR) is 97.1 cm³/mol. The van der Waals surface area contributed by atoms with Crippen molar-refractivity contribution in [3.05, 3.63) is 59.0 Å². The van der Waals surface area contributed by atoms with Crippen LogP contribution in [0.4, 0.5) is 5.69 Å². The highest BCUT2D eigenvalue weighted by atomic mass is 16.5. The highest BCUT2D eigenvalue weighted by molar-refractivity contribution is 6.32. The topological polar surface area (TPSA) is 64.4 Å². The van der Waals surface area contributed by atoms with E-state index in [0.717, 1.165) is 29.7 Å². The van der Waals surface area contributed by atoms with Gasteiger partial charge in [-0.3, -0.25) is 14.6 Å². The van der Waals surface area contributed by atoms with Gasteiger partial charge in [0.2, 0.25) is 5.78 Å². The number of fused-ring (bicyclic) bond motifs is 4. The minimum Gasteiger partial charge on any atom is -0.378 e. The average molecular weight is 347 g/mol. The first-order valence-corrected chi connectivity index (χ1v) is 8.65. The van der Waals surface area contributed by atoms with Gasteiger partial charge in [-0.25, -0.2) is 0 Å². The number of carbonyl (C=O) groups excluding carboxylic acids is 2. The third kappa shape index (κ3) is 1.99. The Balaban J connectivity index is 1.74. The van der Waals surface area contributed by atoms with Gasteiger partial charge in [0.15, 0.2) is 5.78 Å². The summed E-state index contributed by atoms with van der Waals surface area (Å²) in [6.07, 6.45) is 3.04. The van der Waals surface area contributed by atoms with Gasteiger partial charge in [0.25, 0.3) is 0 Å². The fraction of sp³-hybridized carbons (Fsp3) is 0.250. The van der Waals surface area contributed by atoms with Gasteiger partial charge < -0.3 is 14.2 Å². The van der Waals surface area contributed by atoms with Crippen LogP contribution in [0.3, 0.4) is 0 Å². The molecule has 1 fully saturated rings. The van der Waals surface area contributed by atoms with Crippen LogP contribution in [0.15, 0.2) is 36.7 Å². The Labute approximate surface area is 150 Å². The first-order valence-electron chi connectivity index (χ1n) is 8.65. The van der Waals surface area contributed by atoms with Gasteiger partial charge in [-0.05, 0) is 24.3 Å².